The van der Waals surface area contributed by atoms with Gasteiger partial charge in [0.1, 0.15) is 11.8 Å². The molecular weight excluding hydrogens is 156 g/mol. The number of nitriles is 1. The molecule has 0 aromatic heterocycles. The predicted octanol–water partition coefficient (Wildman–Crippen LogP) is 0.914. The Hall–Kier alpha value is -1.50. The number of amides is 1. The maximum atomic E-state index is 10.0. The molecular formula is C8H12N2O2. The lowest BCUT2D eigenvalue weighted by atomic mass is 10.2. The van der Waals surface area contributed by atoms with E-state index in [0.29, 0.717) is 18.6 Å². The summed E-state index contributed by atoms with van der Waals surface area (Å²) in [5.74, 6) is 0.520. The monoisotopic (exact) mass is 168 g/mol. The number of nitrogens with zero attached hydrogens (tertiary/aromatic N) is 1. The molecule has 1 N–H and O–H groups in total. The van der Waals surface area contributed by atoms with Gasteiger partial charge in [-0.15, -0.1) is 0 Å². The average molecular weight is 168 g/mol. The number of rotatable bonds is 5. The Balaban J connectivity index is 4.51. The van der Waals surface area contributed by atoms with Crippen LogP contribution in [0.1, 0.15) is 19.8 Å². The van der Waals surface area contributed by atoms with Gasteiger partial charge in [-0.05, 0) is 6.42 Å². The molecule has 0 unspecified atom stereocenters. The van der Waals surface area contributed by atoms with Crippen molar-refractivity contribution in [1.29, 1.82) is 5.26 Å². The molecule has 0 aliphatic carbocycles. The molecule has 0 atom stereocenters. The lowest BCUT2D eigenvalue weighted by Crippen LogP contribution is -2.12. The lowest BCUT2D eigenvalue weighted by Gasteiger charge is -2.05. The fourth-order valence-electron chi connectivity index (χ4n) is 0.790. The molecule has 0 radical (unpaired) electrons. The van der Waals surface area contributed by atoms with E-state index in [4.69, 9.17) is 10.00 Å². The topological polar surface area (TPSA) is 62.1 Å². The molecule has 0 aliphatic rings. The molecule has 0 saturated carbocycles. The van der Waals surface area contributed by atoms with Crippen molar-refractivity contribution in [2.45, 2.75) is 19.8 Å². The quantitative estimate of drug-likeness (QED) is 0.377. The second kappa shape index (κ2) is 6.23. The summed E-state index contributed by atoms with van der Waals surface area (Å²) in [6.45, 7) is 1.97. The second-order valence-corrected chi connectivity index (χ2v) is 2.13. The number of nitrogens with one attached hydrogen (secondary N) is 1. The first-order valence-corrected chi connectivity index (χ1v) is 3.67. The van der Waals surface area contributed by atoms with Crippen LogP contribution in [0.5, 0.6) is 0 Å². The minimum absolute atomic E-state index is 0.189. The molecule has 66 valence electrons. The summed E-state index contributed by atoms with van der Waals surface area (Å²) < 4.78 is 4.93. The Morgan fingerprint density at radius 2 is 2.42 bits per heavy atom. The van der Waals surface area contributed by atoms with Gasteiger partial charge >= 0.3 is 0 Å². The smallest absolute Gasteiger partial charge is 0.212 e. The highest BCUT2D eigenvalue weighted by atomic mass is 16.5. The summed E-state index contributed by atoms with van der Waals surface area (Å²) in [5, 5.41) is 10.9. The predicted molar refractivity (Wildman–Crippen MR) is 43.8 cm³/mol. The maximum Gasteiger partial charge on any atom is 0.212 e. The van der Waals surface area contributed by atoms with Crippen molar-refractivity contribution >= 4 is 6.41 Å². The standard InChI is InChI=1S/C8H12N2O2/c1-3-4-8(12-2)7(5-9)10-6-11/h6H,3-4H2,1-2H3,(H,10,11)/b8-7-. The summed E-state index contributed by atoms with van der Waals surface area (Å²) in [5.41, 5.74) is 0.189. The molecule has 0 aromatic rings. The van der Waals surface area contributed by atoms with Crippen molar-refractivity contribution in [3.8, 4) is 6.07 Å². The zero-order valence-electron chi connectivity index (χ0n) is 7.26. The molecule has 12 heavy (non-hydrogen) atoms. The summed E-state index contributed by atoms with van der Waals surface area (Å²) in [4.78, 5) is 10.0. The lowest BCUT2D eigenvalue weighted by molar-refractivity contribution is -0.108. The highest BCUT2D eigenvalue weighted by Gasteiger charge is 2.04. The van der Waals surface area contributed by atoms with Crippen LogP contribution in [0.2, 0.25) is 0 Å². The molecule has 0 aliphatic heterocycles. The number of ether oxygens (including phenoxy) is 1. The van der Waals surface area contributed by atoms with Crippen LogP contribution in [0.15, 0.2) is 11.5 Å². The Morgan fingerprint density at radius 1 is 1.75 bits per heavy atom. The second-order valence-electron chi connectivity index (χ2n) is 2.13. The third kappa shape index (κ3) is 3.06. The molecule has 0 bridgehead atoms. The summed E-state index contributed by atoms with van der Waals surface area (Å²) in [6.07, 6.45) is 1.99. The minimum Gasteiger partial charge on any atom is -0.498 e. The molecule has 0 saturated heterocycles. The number of allylic oxidation sites excluding steroid dienone is 2. The van der Waals surface area contributed by atoms with E-state index in [-0.39, 0.29) is 5.70 Å². The van der Waals surface area contributed by atoms with Crippen LogP contribution in [-0.4, -0.2) is 13.5 Å². The molecule has 4 heteroatoms. The van der Waals surface area contributed by atoms with E-state index in [1.54, 1.807) is 0 Å². The summed E-state index contributed by atoms with van der Waals surface area (Å²) in [7, 11) is 1.48. The SMILES string of the molecule is CCC/C(OC)=C(\C#N)NC=O. The molecule has 0 fully saturated rings. The zero-order chi connectivity index (χ0) is 9.40. The van der Waals surface area contributed by atoms with Gasteiger partial charge in [0.25, 0.3) is 0 Å². The van der Waals surface area contributed by atoms with Gasteiger partial charge in [0, 0.05) is 6.42 Å². The van der Waals surface area contributed by atoms with E-state index in [2.05, 4.69) is 5.32 Å². The van der Waals surface area contributed by atoms with Crippen molar-refractivity contribution in [2.75, 3.05) is 7.11 Å². The van der Waals surface area contributed by atoms with Crippen LogP contribution < -0.4 is 5.32 Å². The van der Waals surface area contributed by atoms with Crippen LogP contribution in [-0.2, 0) is 9.53 Å². The van der Waals surface area contributed by atoms with Gasteiger partial charge < -0.3 is 10.1 Å². The van der Waals surface area contributed by atoms with E-state index >= 15 is 0 Å². The Bertz CT molecular complexity index is 216. The maximum absolute atomic E-state index is 10.0. The van der Waals surface area contributed by atoms with Crippen molar-refractivity contribution in [2.24, 2.45) is 0 Å². The Morgan fingerprint density at radius 3 is 2.75 bits per heavy atom. The van der Waals surface area contributed by atoms with Crippen LogP contribution >= 0.6 is 0 Å². The highest BCUT2D eigenvalue weighted by molar-refractivity contribution is 5.53. The van der Waals surface area contributed by atoms with E-state index in [1.807, 2.05) is 13.0 Å². The number of hydrogen-bond acceptors (Lipinski definition) is 3. The first-order valence-electron chi connectivity index (χ1n) is 3.67. The van der Waals surface area contributed by atoms with Crippen molar-refractivity contribution in [3.05, 3.63) is 11.5 Å². The number of methoxy groups -OCH3 is 1. The van der Waals surface area contributed by atoms with Gasteiger partial charge in [0.05, 0.1) is 7.11 Å². The van der Waals surface area contributed by atoms with Crippen LogP contribution in [0.4, 0.5) is 0 Å². The van der Waals surface area contributed by atoms with Crippen LogP contribution in [0, 0.1) is 11.3 Å². The zero-order valence-corrected chi connectivity index (χ0v) is 7.26. The average Bonchev–Trinajstić information content (AvgIpc) is 2.11. The van der Waals surface area contributed by atoms with Gasteiger partial charge in [0.15, 0.2) is 5.70 Å². The van der Waals surface area contributed by atoms with Gasteiger partial charge in [-0.25, -0.2) is 0 Å². The Labute approximate surface area is 71.8 Å². The van der Waals surface area contributed by atoms with Crippen molar-refractivity contribution in [3.63, 3.8) is 0 Å². The molecule has 0 rings (SSSR count). The van der Waals surface area contributed by atoms with Crippen molar-refractivity contribution in [1.82, 2.24) is 5.32 Å². The van der Waals surface area contributed by atoms with Crippen LogP contribution in [0.25, 0.3) is 0 Å². The highest BCUT2D eigenvalue weighted by Crippen LogP contribution is 2.08. The van der Waals surface area contributed by atoms with E-state index in [1.165, 1.54) is 7.11 Å². The number of carbonyl (C=O) groups excluding carboxylic acids is 1. The first kappa shape index (κ1) is 10.5. The first-order chi connectivity index (χ1) is 5.79. The number of carbonyl (C=O) groups is 1. The molecule has 4 nitrogen and oxygen atoms in total. The Kier molecular flexibility index (Phi) is 5.45. The van der Waals surface area contributed by atoms with Gasteiger partial charge in [0.2, 0.25) is 6.41 Å². The third-order valence-corrected chi connectivity index (χ3v) is 1.32. The van der Waals surface area contributed by atoms with E-state index < -0.39 is 0 Å². The molecule has 0 spiro atoms. The normalized spacial score (nSPS) is 11.1. The van der Waals surface area contributed by atoms with Crippen LogP contribution in [0.3, 0.4) is 0 Å². The molecule has 0 heterocycles. The fourth-order valence-corrected chi connectivity index (χ4v) is 0.790. The largest absolute Gasteiger partial charge is 0.498 e. The third-order valence-electron chi connectivity index (χ3n) is 1.32. The van der Waals surface area contributed by atoms with Gasteiger partial charge in [-0.1, -0.05) is 6.92 Å². The van der Waals surface area contributed by atoms with Gasteiger partial charge in [-0.3, -0.25) is 4.79 Å². The molecule has 0 aromatic carbocycles. The minimum atomic E-state index is 0.189. The van der Waals surface area contributed by atoms with Crippen molar-refractivity contribution < 1.29 is 9.53 Å². The fraction of sp³-hybridized carbons (Fsp3) is 0.500. The summed E-state index contributed by atoms with van der Waals surface area (Å²) >= 11 is 0. The van der Waals surface area contributed by atoms with E-state index in [0.717, 1.165) is 6.42 Å². The van der Waals surface area contributed by atoms with E-state index in [9.17, 15) is 4.79 Å². The van der Waals surface area contributed by atoms with Gasteiger partial charge in [-0.2, -0.15) is 5.26 Å². The number of hydrogen-bond donors (Lipinski definition) is 1. The molecule has 1 amide bonds. The summed E-state index contributed by atoms with van der Waals surface area (Å²) in [6, 6.07) is 1.85.